The molecular formula is C18H26N4O3. The maximum Gasteiger partial charge on any atom is 0.236 e. The molecule has 0 saturated carbocycles. The lowest BCUT2D eigenvalue weighted by Gasteiger charge is -2.36. The summed E-state index contributed by atoms with van der Waals surface area (Å²) >= 11 is 0. The van der Waals surface area contributed by atoms with Crippen molar-refractivity contribution in [3.63, 3.8) is 0 Å². The number of piperazine rings is 1. The average Bonchev–Trinajstić information content (AvgIpc) is 2.68. The van der Waals surface area contributed by atoms with Gasteiger partial charge in [-0.15, -0.1) is 0 Å². The van der Waals surface area contributed by atoms with Gasteiger partial charge >= 0.3 is 0 Å². The Balaban J connectivity index is 1.37. The van der Waals surface area contributed by atoms with Crippen LogP contribution >= 0.6 is 0 Å². The van der Waals surface area contributed by atoms with Crippen LogP contribution in [-0.4, -0.2) is 90.5 Å². The Bertz CT molecular complexity index is 567. The molecule has 2 fully saturated rings. The quantitative estimate of drug-likeness (QED) is 0.752. The maximum atomic E-state index is 12.3. The maximum absolute atomic E-state index is 12.3. The van der Waals surface area contributed by atoms with Crippen LogP contribution in [-0.2, 0) is 20.7 Å². The first-order valence-electron chi connectivity index (χ1n) is 8.97. The molecule has 25 heavy (non-hydrogen) atoms. The zero-order valence-corrected chi connectivity index (χ0v) is 14.6. The number of amides is 2. The number of hydrogen-bond acceptors (Lipinski definition) is 5. The minimum Gasteiger partial charge on any atom is -0.378 e. The van der Waals surface area contributed by atoms with Crippen molar-refractivity contribution in [2.75, 3.05) is 59.0 Å². The van der Waals surface area contributed by atoms with Gasteiger partial charge in [0.15, 0.2) is 0 Å². The summed E-state index contributed by atoms with van der Waals surface area (Å²) in [5, 5.41) is 0. The molecule has 136 valence electrons. The second-order valence-corrected chi connectivity index (χ2v) is 6.51. The van der Waals surface area contributed by atoms with Gasteiger partial charge in [0.1, 0.15) is 0 Å². The van der Waals surface area contributed by atoms with Crippen molar-refractivity contribution in [2.45, 2.75) is 12.8 Å². The molecule has 2 amide bonds. The van der Waals surface area contributed by atoms with Crippen LogP contribution in [0.1, 0.15) is 12.0 Å². The van der Waals surface area contributed by atoms with Gasteiger partial charge in [0.05, 0.1) is 19.8 Å². The minimum absolute atomic E-state index is 0.166. The molecule has 1 aromatic rings. The Morgan fingerprint density at radius 1 is 1.00 bits per heavy atom. The summed E-state index contributed by atoms with van der Waals surface area (Å²) in [5.74, 6) is 0.350. The van der Waals surface area contributed by atoms with E-state index in [4.69, 9.17) is 4.74 Å². The van der Waals surface area contributed by atoms with Gasteiger partial charge in [0.25, 0.3) is 0 Å². The smallest absolute Gasteiger partial charge is 0.236 e. The first kappa shape index (κ1) is 17.8. The van der Waals surface area contributed by atoms with Crippen LogP contribution < -0.4 is 0 Å². The van der Waals surface area contributed by atoms with Gasteiger partial charge in [0.2, 0.25) is 11.8 Å². The summed E-state index contributed by atoms with van der Waals surface area (Å²) in [6.45, 7) is 5.98. The Morgan fingerprint density at radius 2 is 1.72 bits per heavy atom. The number of nitrogens with zero attached hydrogens (tertiary/aromatic N) is 4. The number of carbonyl (C=O) groups excluding carboxylic acids is 2. The van der Waals surface area contributed by atoms with Crippen molar-refractivity contribution in [1.82, 2.24) is 19.7 Å². The number of pyridine rings is 1. The molecule has 0 bridgehead atoms. The van der Waals surface area contributed by atoms with E-state index < -0.39 is 0 Å². The second kappa shape index (κ2) is 8.92. The first-order chi connectivity index (χ1) is 12.2. The number of carbonyl (C=O) groups is 2. The highest BCUT2D eigenvalue weighted by Gasteiger charge is 2.24. The van der Waals surface area contributed by atoms with Crippen molar-refractivity contribution in [3.05, 3.63) is 30.1 Å². The molecule has 0 radical (unpaired) electrons. The van der Waals surface area contributed by atoms with E-state index in [0.717, 1.165) is 25.1 Å². The van der Waals surface area contributed by atoms with Crippen molar-refractivity contribution < 1.29 is 14.3 Å². The minimum atomic E-state index is 0.166. The number of rotatable bonds is 5. The lowest BCUT2D eigenvalue weighted by Crippen LogP contribution is -2.52. The zero-order chi connectivity index (χ0) is 17.5. The largest absolute Gasteiger partial charge is 0.378 e. The number of aromatic nitrogens is 1. The first-order valence-corrected chi connectivity index (χ1v) is 8.97. The SMILES string of the molecule is O=C(CCc1cccnc1)N1CCN(CC(=O)N2CCOCC2)CC1. The molecule has 7 nitrogen and oxygen atoms in total. The van der Waals surface area contributed by atoms with E-state index in [9.17, 15) is 9.59 Å². The zero-order valence-electron chi connectivity index (χ0n) is 14.6. The van der Waals surface area contributed by atoms with Crippen molar-refractivity contribution in [1.29, 1.82) is 0 Å². The van der Waals surface area contributed by atoms with E-state index in [1.807, 2.05) is 28.1 Å². The van der Waals surface area contributed by atoms with Crippen molar-refractivity contribution in [2.24, 2.45) is 0 Å². The molecular weight excluding hydrogens is 320 g/mol. The molecule has 2 aliphatic rings. The van der Waals surface area contributed by atoms with Crippen molar-refractivity contribution >= 4 is 11.8 Å². The summed E-state index contributed by atoms with van der Waals surface area (Å²) in [6, 6.07) is 3.89. The molecule has 0 atom stereocenters. The summed E-state index contributed by atoms with van der Waals surface area (Å²) in [6.07, 6.45) is 4.78. The summed E-state index contributed by atoms with van der Waals surface area (Å²) in [7, 11) is 0. The van der Waals surface area contributed by atoms with Crippen LogP contribution in [0.15, 0.2) is 24.5 Å². The topological polar surface area (TPSA) is 66.0 Å². The third-order valence-electron chi connectivity index (χ3n) is 4.80. The van der Waals surface area contributed by atoms with Gasteiger partial charge < -0.3 is 14.5 Å². The molecule has 2 saturated heterocycles. The van der Waals surface area contributed by atoms with Crippen LogP contribution in [0.4, 0.5) is 0 Å². The summed E-state index contributed by atoms with van der Waals surface area (Å²) < 4.78 is 5.28. The Hall–Kier alpha value is -1.99. The second-order valence-electron chi connectivity index (χ2n) is 6.51. The van der Waals surface area contributed by atoms with E-state index >= 15 is 0 Å². The van der Waals surface area contributed by atoms with Gasteiger partial charge in [-0.2, -0.15) is 0 Å². The van der Waals surface area contributed by atoms with Crippen LogP contribution in [0.3, 0.4) is 0 Å². The third kappa shape index (κ3) is 5.24. The standard InChI is InChI=1S/C18H26N4O3/c23-17(4-3-16-2-1-5-19-14-16)21-8-6-20(7-9-21)15-18(24)22-10-12-25-13-11-22/h1-2,5,14H,3-4,6-13,15H2. The molecule has 3 heterocycles. The Morgan fingerprint density at radius 3 is 2.40 bits per heavy atom. The van der Waals surface area contributed by atoms with E-state index in [0.29, 0.717) is 52.4 Å². The highest BCUT2D eigenvalue weighted by molar-refractivity contribution is 5.78. The Labute approximate surface area is 148 Å². The monoisotopic (exact) mass is 346 g/mol. The average molecular weight is 346 g/mol. The summed E-state index contributed by atoms with van der Waals surface area (Å²) in [5.41, 5.74) is 1.09. The molecule has 7 heteroatoms. The van der Waals surface area contributed by atoms with Crippen LogP contribution in [0.2, 0.25) is 0 Å². The predicted octanol–water partition coefficient (Wildman–Crippen LogP) is 0.0172. The number of morpholine rings is 1. The Kier molecular flexibility index (Phi) is 6.36. The van der Waals surface area contributed by atoms with Crippen LogP contribution in [0, 0.1) is 0 Å². The third-order valence-corrected chi connectivity index (χ3v) is 4.80. The molecule has 3 rings (SSSR count). The molecule has 1 aromatic heterocycles. The van der Waals surface area contributed by atoms with E-state index in [-0.39, 0.29) is 11.8 Å². The summed E-state index contributed by atoms with van der Waals surface area (Å²) in [4.78, 5) is 34.6. The van der Waals surface area contributed by atoms with Gasteiger partial charge in [0, 0.05) is 58.1 Å². The fraction of sp³-hybridized carbons (Fsp3) is 0.611. The van der Waals surface area contributed by atoms with Gasteiger partial charge in [-0.25, -0.2) is 0 Å². The lowest BCUT2D eigenvalue weighted by atomic mass is 10.1. The molecule has 0 N–H and O–H groups in total. The molecule has 0 unspecified atom stereocenters. The number of aryl methyl sites for hydroxylation is 1. The predicted molar refractivity (Wildman–Crippen MR) is 93.0 cm³/mol. The number of hydrogen-bond donors (Lipinski definition) is 0. The van der Waals surface area contributed by atoms with Crippen LogP contribution in [0.25, 0.3) is 0 Å². The highest BCUT2D eigenvalue weighted by Crippen LogP contribution is 2.08. The highest BCUT2D eigenvalue weighted by atomic mass is 16.5. The molecule has 0 spiro atoms. The number of ether oxygens (including phenoxy) is 1. The molecule has 2 aliphatic heterocycles. The molecule has 0 aliphatic carbocycles. The fourth-order valence-electron chi connectivity index (χ4n) is 3.21. The van der Waals surface area contributed by atoms with Crippen LogP contribution in [0.5, 0.6) is 0 Å². The van der Waals surface area contributed by atoms with E-state index in [1.54, 1.807) is 6.20 Å². The van der Waals surface area contributed by atoms with Gasteiger partial charge in [-0.05, 0) is 18.1 Å². The fourth-order valence-corrected chi connectivity index (χ4v) is 3.21. The van der Waals surface area contributed by atoms with E-state index in [1.165, 1.54) is 0 Å². The van der Waals surface area contributed by atoms with Gasteiger partial charge in [-0.1, -0.05) is 6.07 Å². The lowest BCUT2D eigenvalue weighted by molar-refractivity contribution is -0.137. The van der Waals surface area contributed by atoms with E-state index in [2.05, 4.69) is 9.88 Å². The molecule has 0 aromatic carbocycles. The van der Waals surface area contributed by atoms with Gasteiger partial charge in [-0.3, -0.25) is 19.5 Å². The van der Waals surface area contributed by atoms with Crippen molar-refractivity contribution in [3.8, 4) is 0 Å². The normalized spacial score (nSPS) is 19.0.